The van der Waals surface area contributed by atoms with Gasteiger partial charge in [-0.2, -0.15) is 0 Å². The lowest BCUT2D eigenvalue weighted by Gasteiger charge is -2.14. The Labute approximate surface area is 115 Å². The molecule has 3 heteroatoms. The highest BCUT2D eigenvalue weighted by Crippen LogP contribution is 2.23. The second kappa shape index (κ2) is 8.39. The van der Waals surface area contributed by atoms with Crippen molar-refractivity contribution in [2.24, 2.45) is 0 Å². The van der Waals surface area contributed by atoms with E-state index in [1.807, 2.05) is 12.1 Å². The molecule has 0 bridgehead atoms. The number of hydrogen-bond acceptors (Lipinski definition) is 2. The molecule has 1 atom stereocenters. The van der Waals surface area contributed by atoms with Crippen LogP contribution in [-0.4, -0.2) is 11.1 Å². The Morgan fingerprint density at radius 3 is 2.72 bits per heavy atom. The van der Waals surface area contributed by atoms with Crippen molar-refractivity contribution in [3.8, 4) is 5.75 Å². The van der Waals surface area contributed by atoms with E-state index in [1.165, 1.54) is 32.1 Å². The summed E-state index contributed by atoms with van der Waals surface area (Å²) < 4.78 is 0. The quantitative estimate of drug-likeness (QED) is 0.682. The molecule has 0 aromatic heterocycles. The molecule has 2 nitrogen and oxygen atoms in total. The zero-order chi connectivity index (χ0) is 13.4. The average Bonchev–Trinajstić information content (AvgIpc) is 2.36. The number of halogens is 1. The molecule has 18 heavy (non-hydrogen) atoms. The first-order valence-corrected chi connectivity index (χ1v) is 7.22. The Hall–Kier alpha value is -0.730. The summed E-state index contributed by atoms with van der Waals surface area (Å²) in [5, 5.41) is 13.2. The van der Waals surface area contributed by atoms with E-state index in [4.69, 9.17) is 11.6 Å². The van der Waals surface area contributed by atoms with Crippen molar-refractivity contribution >= 4 is 11.6 Å². The van der Waals surface area contributed by atoms with Crippen LogP contribution in [0.15, 0.2) is 18.2 Å². The van der Waals surface area contributed by atoms with E-state index in [0.29, 0.717) is 11.1 Å². The first-order valence-electron chi connectivity index (χ1n) is 6.84. The van der Waals surface area contributed by atoms with Crippen molar-refractivity contribution in [2.45, 2.75) is 58.5 Å². The van der Waals surface area contributed by atoms with Gasteiger partial charge < -0.3 is 10.4 Å². The van der Waals surface area contributed by atoms with Crippen LogP contribution in [0.2, 0.25) is 5.02 Å². The summed E-state index contributed by atoms with van der Waals surface area (Å²) in [6.45, 7) is 5.25. The van der Waals surface area contributed by atoms with Crippen molar-refractivity contribution in [2.75, 3.05) is 0 Å². The number of phenols is 1. The van der Waals surface area contributed by atoms with Crippen LogP contribution in [0.4, 0.5) is 0 Å². The number of aromatic hydroxyl groups is 1. The van der Waals surface area contributed by atoms with Crippen LogP contribution >= 0.6 is 11.6 Å². The Morgan fingerprint density at radius 2 is 2.06 bits per heavy atom. The summed E-state index contributed by atoms with van der Waals surface area (Å²) in [5.74, 6) is 0.146. The third kappa shape index (κ3) is 5.74. The molecule has 102 valence electrons. The summed E-state index contributed by atoms with van der Waals surface area (Å²) >= 11 is 5.87. The maximum atomic E-state index is 9.34. The van der Waals surface area contributed by atoms with Gasteiger partial charge in [-0.25, -0.2) is 0 Å². The second-order valence-electron chi connectivity index (χ2n) is 4.92. The van der Waals surface area contributed by atoms with Crippen LogP contribution in [0, 0.1) is 0 Å². The van der Waals surface area contributed by atoms with Crippen LogP contribution in [0.25, 0.3) is 0 Å². The maximum absolute atomic E-state index is 9.34. The molecule has 1 unspecified atom stereocenters. The number of unbranched alkanes of at least 4 members (excludes halogenated alkanes) is 3. The van der Waals surface area contributed by atoms with Gasteiger partial charge in [-0.3, -0.25) is 0 Å². The van der Waals surface area contributed by atoms with Crippen molar-refractivity contribution < 1.29 is 5.11 Å². The van der Waals surface area contributed by atoms with Gasteiger partial charge in [0.2, 0.25) is 0 Å². The highest BCUT2D eigenvalue weighted by molar-refractivity contribution is 6.32. The molecule has 0 radical (unpaired) electrons. The minimum Gasteiger partial charge on any atom is -0.506 e. The van der Waals surface area contributed by atoms with Crippen molar-refractivity contribution in [1.82, 2.24) is 5.32 Å². The molecule has 0 aliphatic carbocycles. The molecule has 0 fully saturated rings. The van der Waals surface area contributed by atoms with Gasteiger partial charge in [0.25, 0.3) is 0 Å². The van der Waals surface area contributed by atoms with E-state index < -0.39 is 0 Å². The molecule has 0 saturated carbocycles. The van der Waals surface area contributed by atoms with Gasteiger partial charge in [0, 0.05) is 12.6 Å². The molecule has 0 heterocycles. The lowest BCUT2D eigenvalue weighted by atomic mass is 10.1. The molecule has 0 amide bonds. The Balaban J connectivity index is 2.24. The van der Waals surface area contributed by atoms with Crippen LogP contribution in [-0.2, 0) is 6.54 Å². The van der Waals surface area contributed by atoms with Gasteiger partial charge >= 0.3 is 0 Å². The van der Waals surface area contributed by atoms with E-state index >= 15 is 0 Å². The van der Waals surface area contributed by atoms with Gasteiger partial charge in [-0.05, 0) is 31.0 Å². The molecule has 1 aromatic carbocycles. The maximum Gasteiger partial charge on any atom is 0.134 e. The molecule has 0 saturated heterocycles. The van der Waals surface area contributed by atoms with Crippen LogP contribution in [0.3, 0.4) is 0 Å². The van der Waals surface area contributed by atoms with E-state index in [-0.39, 0.29) is 5.75 Å². The number of nitrogens with one attached hydrogen (secondary N) is 1. The Bertz CT molecular complexity index is 354. The largest absolute Gasteiger partial charge is 0.506 e. The van der Waals surface area contributed by atoms with Crippen LogP contribution in [0.5, 0.6) is 5.75 Å². The summed E-state index contributed by atoms with van der Waals surface area (Å²) in [6.07, 6.45) is 6.45. The predicted octanol–water partition coefficient (Wildman–Crippen LogP) is 4.49. The SMILES string of the molecule is CCCCCCC(C)NCc1ccc(O)c(Cl)c1. The van der Waals surface area contributed by atoms with Gasteiger partial charge in [-0.1, -0.05) is 50.3 Å². The van der Waals surface area contributed by atoms with Crippen molar-refractivity contribution in [3.05, 3.63) is 28.8 Å². The zero-order valence-electron chi connectivity index (χ0n) is 11.4. The third-order valence-electron chi connectivity index (χ3n) is 3.16. The minimum absolute atomic E-state index is 0.146. The highest BCUT2D eigenvalue weighted by atomic mass is 35.5. The zero-order valence-corrected chi connectivity index (χ0v) is 12.1. The van der Waals surface area contributed by atoms with E-state index in [2.05, 4.69) is 19.2 Å². The fraction of sp³-hybridized carbons (Fsp3) is 0.600. The fourth-order valence-electron chi connectivity index (χ4n) is 1.93. The van der Waals surface area contributed by atoms with Gasteiger partial charge in [-0.15, -0.1) is 0 Å². The lowest BCUT2D eigenvalue weighted by molar-refractivity contribution is 0.473. The molecule has 0 aliphatic rings. The van der Waals surface area contributed by atoms with Gasteiger partial charge in [0.05, 0.1) is 5.02 Å². The third-order valence-corrected chi connectivity index (χ3v) is 3.46. The van der Waals surface area contributed by atoms with Crippen molar-refractivity contribution in [3.63, 3.8) is 0 Å². The molecule has 1 rings (SSSR count). The average molecular weight is 270 g/mol. The monoisotopic (exact) mass is 269 g/mol. The number of phenolic OH excluding ortho intramolecular Hbond substituents is 1. The number of rotatable bonds is 8. The topological polar surface area (TPSA) is 32.3 Å². The standard InChI is InChI=1S/C15H24ClNO/c1-3-4-5-6-7-12(2)17-11-13-8-9-15(18)14(16)10-13/h8-10,12,17-18H,3-7,11H2,1-2H3. The number of benzene rings is 1. The Kier molecular flexibility index (Phi) is 7.14. The van der Waals surface area contributed by atoms with E-state index in [1.54, 1.807) is 6.07 Å². The first-order chi connectivity index (χ1) is 8.63. The molecule has 2 N–H and O–H groups in total. The second-order valence-corrected chi connectivity index (χ2v) is 5.32. The van der Waals surface area contributed by atoms with Crippen molar-refractivity contribution in [1.29, 1.82) is 0 Å². The summed E-state index contributed by atoms with van der Waals surface area (Å²) in [6, 6.07) is 5.88. The predicted molar refractivity (Wildman–Crippen MR) is 78.2 cm³/mol. The smallest absolute Gasteiger partial charge is 0.134 e. The summed E-state index contributed by atoms with van der Waals surface area (Å²) in [4.78, 5) is 0. The number of hydrogen-bond donors (Lipinski definition) is 2. The minimum atomic E-state index is 0.146. The first kappa shape index (κ1) is 15.3. The fourth-order valence-corrected chi connectivity index (χ4v) is 2.13. The molecule has 0 spiro atoms. The van der Waals surface area contributed by atoms with E-state index in [0.717, 1.165) is 12.1 Å². The van der Waals surface area contributed by atoms with Crippen LogP contribution in [0.1, 0.15) is 51.5 Å². The van der Waals surface area contributed by atoms with Crippen LogP contribution < -0.4 is 5.32 Å². The highest BCUT2D eigenvalue weighted by Gasteiger charge is 2.03. The van der Waals surface area contributed by atoms with Gasteiger partial charge in [0.15, 0.2) is 0 Å². The normalized spacial score (nSPS) is 12.6. The molecule has 0 aliphatic heterocycles. The van der Waals surface area contributed by atoms with E-state index in [9.17, 15) is 5.11 Å². The summed E-state index contributed by atoms with van der Waals surface area (Å²) in [5.41, 5.74) is 1.11. The Morgan fingerprint density at radius 1 is 1.28 bits per heavy atom. The molecular weight excluding hydrogens is 246 g/mol. The molecular formula is C15H24ClNO. The summed E-state index contributed by atoms with van der Waals surface area (Å²) in [7, 11) is 0. The van der Waals surface area contributed by atoms with Gasteiger partial charge in [0.1, 0.15) is 5.75 Å². The molecule has 1 aromatic rings. The lowest BCUT2D eigenvalue weighted by Crippen LogP contribution is -2.25.